The molecule has 1 amide bonds. The van der Waals surface area contributed by atoms with Gasteiger partial charge >= 0.3 is 12.1 Å². The Morgan fingerprint density at radius 3 is 2.44 bits per heavy atom. The summed E-state index contributed by atoms with van der Waals surface area (Å²) in [6, 6.07) is 15.5. The van der Waals surface area contributed by atoms with Crippen molar-refractivity contribution in [2.75, 3.05) is 18.5 Å². The van der Waals surface area contributed by atoms with E-state index in [1.807, 2.05) is 13.0 Å². The summed E-state index contributed by atoms with van der Waals surface area (Å²) in [6.45, 7) is 2.01. The number of carbonyl (C=O) groups is 2. The molecule has 0 spiro atoms. The Hall–Kier alpha value is -3.83. The fraction of sp³-hybridized carbons (Fsp3) is 0.292. The van der Waals surface area contributed by atoms with Gasteiger partial charge in [-0.3, -0.25) is 5.32 Å². The number of benzene rings is 2. The third kappa shape index (κ3) is 8.13. The van der Waals surface area contributed by atoms with Crippen molar-refractivity contribution >= 4 is 17.7 Å². The van der Waals surface area contributed by atoms with Crippen molar-refractivity contribution in [3.8, 4) is 11.8 Å². The maximum absolute atomic E-state index is 12.5. The number of hydrogen-bond acceptors (Lipinski definition) is 6. The van der Waals surface area contributed by atoms with Gasteiger partial charge in [0.1, 0.15) is 18.5 Å². The van der Waals surface area contributed by atoms with E-state index in [1.165, 1.54) is 0 Å². The van der Waals surface area contributed by atoms with Gasteiger partial charge in [0.25, 0.3) is 0 Å². The van der Waals surface area contributed by atoms with Crippen molar-refractivity contribution in [3.63, 3.8) is 0 Å². The predicted octanol–water partition coefficient (Wildman–Crippen LogP) is 4.28. The van der Waals surface area contributed by atoms with E-state index >= 15 is 0 Å². The van der Waals surface area contributed by atoms with Crippen LogP contribution in [0.15, 0.2) is 60.7 Å². The van der Waals surface area contributed by atoms with E-state index < -0.39 is 18.2 Å². The van der Waals surface area contributed by atoms with E-state index in [4.69, 9.17) is 24.9 Å². The van der Waals surface area contributed by atoms with Gasteiger partial charge in [-0.15, -0.1) is 0 Å². The summed E-state index contributed by atoms with van der Waals surface area (Å²) < 4.78 is 11.1. The molecule has 32 heavy (non-hydrogen) atoms. The van der Waals surface area contributed by atoms with E-state index in [0.717, 1.165) is 11.6 Å². The predicted molar refractivity (Wildman–Crippen MR) is 118 cm³/mol. The Morgan fingerprint density at radius 2 is 1.84 bits per heavy atom. The first-order valence-corrected chi connectivity index (χ1v) is 10.1. The second-order valence-electron chi connectivity index (χ2n) is 7.08. The number of nitriles is 1. The Kier molecular flexibility index (Phi) is 9.75. The fourth-order valence-electron chi connectivity index (χ4n) is 3.02. The maximum Gasteiger partial charge on any atom is 0.412 e. The Morgan fingerprint density at radius 1 is 1.16 bits per heavy atom. The second-order valence-corrected chi connectivity index (χ2v) is 7.08. The summed E-state index contributed by atoms with van der Waals surface area (Å²) in [5, 5.41) is 29.2. The zero-order valence-corrected chi connectivity index (χ0v) is 17.7. The van der Waals surface area contributed by atoms with Crippen LogP contribution in [0.25, 0.3) is 0 Å². The number of allylic oxidation sites excluding steroid dienone is 1. The summed E-state index contributed by atoms with van der Waals surface area (Å²) in [5.41, 5.74) is 1.73. The van der Waals surface area contributed by atoms with Crippen LogP contribution in [0.5, 0.6) is 5.75 Å². The molecule has 0 aliphatic heterocycles. The van der Waals surface area contributed by atoms with Crippen LogP contribution in [-0.4, -0.2) is 35.5 Å². The number of aliphatic hydroxyl groups is 1. The number of aliphatic carboxylic acids is 1. The van der Waals surface area contributed by atoms with Crippen LogP contribution in [0.3, 0.4) is 0 Å². The maximum atomic E-state index is 12.5. The average molecular weight is 438 g/mol. The summed E-state index contributed by atoms with van der Waals surface area (Å²) >= 11 is 0. The van der Waals surface area contributed by atoms with E-state index in [2.05, 4.69) is 5.32 Å². The summed E-state index contributed by atoms with van der Waals surface area (Å²) in [7, 11) is 0. The molecular formula is C24H26N2O6. The van der Waals surface area contributed by atoms with Crippen LogP contribution >= 0.6 is 0 Å². The van der Waals surface area contributed by atoms with Crippen LogP contribution in [0.2, 0.25) is 0 Å². The first-order chi connectivity index (χ1) is 15.4. The van der Waals surface area contributed by atoms with Crippen LogP contribution in [0, 0.1) is 17.2 Å². The molecule has 0 bridgehead atoms. The molecule has 0 saturated heterocycles. The van der Waals surface area contributed by atoms with E-state index in [-0.39, 0.29) is 19.1 Å². The molecule has 168 valence electrons. The topological polar surface area (TPSA) is 129 Å². The van der Waals surface area contributed by atoms with Gasteiger partial charge in [0, 0.05) is 11.8 Å². The molecule has 2 aromatic rings. The van der Waals surface area contributed by atoms with Gasteiger partial charge in [-0.1, -0.05) is 25.1 Å². The molecule has 0 aromatic heterocycles. The van der Waals surface area contributed by atoms with Gasteiger partial charge < -0.3 is 19.7 Å². The normalized spacial score (nSPS) is 12.5. The van der Waals surface area contributed by atoms with Crippen molar-refractivity contribution in [1.82, 2.24) is 0 Å². The largest absolute Gasteiger partial charge is 0.491 e. The Bertz CT molecular complexity index is 948. The molecule has 8 heteroatoms. The van der Waals surface area contributed by atoms with Gasteiger partial charge in [0.05, 0.1) is 18.2 Å². The fourth-order valence-corrected chi connectivity index (χ4v) is 3.02. The highest BCUT2D eigenvalue weighted by Gasteiger charge is 2.23. The van der Waals surface area contributed by atoms with Gasteiger partial charge in [-0.25, -0.2) is 9.59 Å². The Labute approximate surface area is 186 Å². The molecule has 0 saturated carbocycles. The van der Waals surface area contributed by atoms with Gasteiger partial charge in [-0.2, -0.15) is 5.26 Å². The van der Waals surface area contributed by atoms with E-state index in [9.17, 15) is 9.59 Å². The van der Waals surface area contributed by atoms with E-state index in [1.54, 1.807) is 54.6 Å². The molecule has 0 radical (unpaired) electrons. The molecular weight excluding hydrogens is 412 g/mol. The number of aliphatic hydroxyl groups excluding tert-OH is 1. The lowest BCUT2D eigenvalue weighted by Gasteiger charge is -2.25. The Balaban J connectivity index is 2.11. The molecule has 0 fully saturated rings. The number of nitrogens with zero attached hydrogens (tertiary/aromatic N) is 1. The summed E-state index contributed by atoms with van der Waals surface area (Å²) in [4.78, 5) is 23.2. The third-order valence-corrected chi connectivity index (χ3v) is 4.63. The van der Waals surface area contributed by atoms with Crippen molar-refractivity contribution < 1.29 is 29.3 Å². The number of ether oxygens (including phenoxy) is 2. The molecule has 2 aromatic carbocycles. The lowest BCUT2D eigenvalue weighted by molar-refractivity contribution is -0.131. The lowest BCUT2D eigenvalue weighted by atomic mass is 9.93. The highest BCUT2D eigenvalue weighted by molar-refractivity contribution is 5.84. The number of rotatable bonds is 11. The molecule has 0 aliphatic carbocycles. The first-order valence-electron chi connectivity index (χ1n) is 10.1. The van der Waals surface area contributed by atoms with Gasteiger partial charge in [0.2, 0.25) is 0 Å². The van der Waals surface area contributed by atoms with Gasteiger partial charge in [0.15, 0.2) is 0 Å². The van der Waals surface area contributed by atoms with Crippen LogP contribution in [0.4, 0.5) is 10.5 Å². The number of anilines is 1. The minimum atomic E-state index is -1.01. The minimum absolute atomic E-state index is 0.0934. The van der Waals surface area contributed by atoms with Gasteiger partial charge in [-0.05, 0) is 60.7 Å². The highest BCUT2D eigenvalue weighted by atomic mass is 16.6. The standard InChI is InChI=1S/C24H26N2O6/c1-17(4-2-3-5-22(28)29)23(19-8-12-21(13-9-19)31-15-14-27)32-24(30)26-20-10-6-18(16-25)7-11-20/h3,5-13,17,23,27H,2,4,14-15H2,1H3,(H,26,30)(H,28,29)/b5-3+/t17-,23+/m0/s1. The number of carboxylic acid groups (broad SMARTS) is 1. The molecule has 3 N–H and O–H groups in total. The van der Waals surface area contributed by atoms with Crippen LogP contribution in [0.1, 0.15) is 37.0 Å². The molecule has 2 rings (SSSR count). The highest BCUT2D eigenvalue weighted by Crippen LogP contribution is 2.31. The van der Waals surface area contributed by atoms with Crippen molar-refractivity contribution in [1.29, 1.82) is 5.26 Å². The minimum Gasteiger partial charge on any atom is -0.491 e. The lowest BCUT2D eigenvalue weighted by Crippen LogP contribution is -2.22. The SMILES string of the molecule is C[C@@H](CC/C=C/C(=O)O)[C@@H](OC(=O)Nc1ccc(C#N)cc1)c1ccc(OCCO)cc1. The van der Waals surface area contributed by atoms with E-state index in [0.29, 0.717) is 29.8 Å². The monoisotopic (exact) mass is 438 g/mol. The van der Waals surface area contributed by atoms with Crippen LogP contribution < -0.4 is 10.1 Å². The smallest absolute Gasteiger partial charge is 0.412 e. The number of carbonyl (C=O) groups excluding carboxylic acids is 1. The number of carboxylic acids is 1. The molecule has 0 aliphatic rings. The number of amides is 1. The summed E-state index contributed by atoms with van der Waals surface area (Å²) in [5.74, 6) is -0.532. The van der Waals surface area contributed by atoms with Crippen molar-refractivity contribution in [2.45, 2.75) is 25.9 Å². The molecule has 0 heterocycles. The summed E-state index contributed by atoms with van der Waals surface area (Å²) in [6.07, 6.45) is 2.54. The average Bonchev–Trinajstić information content (AvgIpc) is 2.79. The third-order valence-electron chi connectivity index (χ3n) is 4.63. The number of hydrogen-bond donors (Lipinski definition) is 3. The quantitative estimate of drug-likeness (QED) is 0.447. The zero-order chi connectivity index (χ0) is 23.3. The molecule has 8 nitrogen and oxygen atoms in total. The molecule has 2 atom stereocenters. The second kappa shape index (κ2) is 12.8. The van der Waals surface area contributed by atoms with Crippen molar-refractivity contribution in [3.05, 3.63) is 71.8 Å². The molecule has 0 unspecified atom stereocenters. The van der Waals surface area contributed by atoms with Crippen LogP contribution in [-0.2, 0) is 9.53 Å². The number of nitrogens with one attached hydrogen (secondary N) is 1. The first kappa shape index (κ1) is 24.4. The van der Waals surface area contributed by atoms with Crippen molar-refractivity contribution in [2.24, 2.45) is 5.92 Å². The zero-order valence-electron chi connectivity index (χ0n) is 17.7.